The number of thioether (sulfide) groups is 1. The molecule has 0 unspecified atom stereocenters. The first kappa shape index (κ1) is 16.2. The molecule has 0 bridgehead atoms. The van der Waals surface area contributed by atoms with Crippen molar-refractivity contribution in [3.05, 3.63) is 26.9 Å². The summed E-state index contributed by atoms with van der Waals surface area (Å²) < 4.78 is 0.613. The minimum absolute atomic E-state index is 0.0109. The molecule has 0 aromatic carbocycles. The summed E-state index contributed by atoms with van der Waals surface area (Å²) in [5.41, 5.74) is 0.0109. The molecule has 0 saturated carbocycles. The summed E-state index contributed by atoms with van der Waals surface area (Å²) >= 11 is 5.05. The molecule has 1 N–H and O–H groups in total. The van der Waals surface area contributed by atoms with Gasteiger partial charge in [0.05, 0.1) is 4.92 Å². The van der Waals surface area contributed by atoms with E-state index in [0.717, 1.165) is 19.4 Å². The number of unbranched alkanes of at least 4 members (excludes halogenated alkanes) is 3. The molecule has 0 saturated heterocycles. The molecule has 0 amide bonds. The van der Waals surface area contributed by atoms with E-state index in [2.05, 4.69) is 32.5 Å². The lowest BCUT2D eigenvalue weighted by Crippen LogP contribution is -2.06. The lowest BCUT2D eigenvalue weighted by Gasteiger charge is -2.06. The van der Waals surface area contributed by atoms with Crippen molar-refractivity contribution < 1.29 is 4.92 Å². The largest absolute Gasteiger partial charge is 0.364 e. The van der Waals surface area contributed by atoms with Crippen LogP contribution in [-0.4, -0.2) is 28.5 Å². The molecule has 1 rings (SSSR count). The Labute approximate surface area is 125 Å². The fourth-order valence-electron chi connectivity index (χ4n) is 1.64. The molecule has 5 nitrogen and oxygen atoms in total. The number of hydrogen-bond acceptors (Lipinski definition) is 5. The molecule has 0 radical (unpaired) electrons. The van der Waals surface area contributed by atoms with E-state index in [9.17, 15) is 10.1 Å². The van der Waals surface area contributed by atoms with Crippen molar-refractivity contribution in [2.45, 2.75) is 25.7 Å². The summed E-state index contributed by atoms with van der Waals surface area (Å²) in [6.45, 7) is 0.717. The van der Waals surface area contributed by atoms with Crippen molar-refractivity contribution in [3.8, 4) is 0 Å². The van der Waals surface area contributed by atoms with Crippen LogP contribution in [0.4, 0.5) is 11.5 Å². The van der Waals surface area contributed by atoms with Crippen molar-refractivity contribution in [3.63, 3.8) is 0 Å². The standard InChI is InChI=1S/C12H18BrN3O2S/c1-19-7-5-3-2-4-6-14-12-11(16(17)18)8-10(13)9-15-12/h8-9H,2-7H2,1H3,(H,14,15). The van der Waals surface area contributed by atoms with Crippen LogP contribution in [0.2, 0.25) is 0 Å². The fraction of sp³-hybridized carbons (Fsp3) is 0.583. The van der Waals surface area contributed by atoms with Crippen LogP contribution in [0.25, 0.3) is 0 Å². The van der Waals surface area contributed by atoms with Crippen LogP contribution in [-0.2, 0) is 0 Å². The van der Waals surface area contributed by atoms with E-state index >= 15 is 0 Å². The fourth-order valence-corrected chi connectivity index (χ4v) is 2.45. The topological polar surface area (TPSA) is 68.1 Å². The molecule has 1 heterocycles. The van der Waals surface area contributed by atoms with Crippen LogP contribution in [0.3, 0.4) is 0 Å². The number of nitrogens with one attached hydrogen (secondary N) is 1. The highest BCUT2D eigenvalue weighted by atomic mass is 79.9. The number of aromatic nitrogens is 1. The number of halogens is 1. The van der Waals surface area contributed by atoms with Gasteiger partial charge in [0.15, 0.2) is 0 Å². The number of nitro groups is 1. The van der Waals surface area contributed by atoms with Gasteiger partial charge < -0.3 is 5.32 Å². The number of anilines is 1. The zero-order valence-electron chi connectivity index (χ0n) is 10.9. The highest BCUT2D eigenvalue weighted by molar-refractivity contribution is 9.10. The average molecular weight is 348 g/mol. The van der Waals surface area contributed by atoms with Crippen LogP contribution in [0, 0.1) is 10.1 Å². The molecule has 0 aliphatic heterocycles. The van der Waals surface area contributed by atoms with Gasteiger partial charge in [0, 0.05) is 23.3 Å². The summed E-state index contributed by atoms with van der Waals surface area (Å²) in [5.74, 6) is 1.55. The monoisotopic (exact) mass is 347 g/mol. The second kappa shape index (κ2) is 9.14. The third kappa shape index (κ3) is 6.24. The molecule has 0 aliphatic rings. The van der Waals surface area contributed by atoms with Crippen molar-refractivity contribution in [1.29, 1.82) is 0 Å². The molecule has 1 aromatic rings. The summed E-state index contributed by atoms with van der Waals surface area (Å²) in [5, 5.41) is 13.9. The molecule has 0 aliphatic carbocycles. The molecular formula is C12H18BrN3O2S. The molecule has 7 heteroatoms. The molecule has 1 aromatic heterocycles. The third-order valence-corrected chi connectivity index (χ3v) is 3.73. The average Bonchev–Trinajstić information content (AvgIpc) is 2.39. The molecule has 106 valence electrons. The zero-order chi connectivity index (χ0) is 14.1. The Bertz CT molecular complexity index is 418. The van der Waals surface area contributed by atoms with Gasteiger partial charge in [-0.2, -0.15) is 11.8 Å². The van der Waals surface area contributed by atoms with Gasteiger partial charge in [-0.05, 0) is 40.8 Å². The van der Waals surface area contributed by atoms with Gasteiger partial charge in [0.1, 0.15) is 0 Å². The lowest BCUT2D eigenvalue weighted by atomic mass is 10.2. The van der Waals surface area contributed by atoms with E-state index in [4.69, 9.17) is 0 Å². The van der Waals surface area contributed by atoms with E-state index in [-0.39, 0.29) is 5.69 Å². The minimum Gasteiger partial charge on any atom is -0.364 e. The Morgan fingerprint density at radius 3 is 2.84 bits per heavy atom. The minimum atomic E-state index is -0.418. The molecular weight excluding hydrogens is 330 g/mol. The van der Waals surface area contributed by atoms with Gasteiger partial charge >= 0.3 is 5.69 Å². The highest BCUT2D eigenvalue weighted by Gasteiger charge is 2.15. The van der Waals surface area contributed by atoms with Gasteiger partial charge in [0.25, 0.3) is 0 Å². The van der Waals surface area contributed by atoms with Crippen molar-refractivity contribution in [2.24, 2.45) is 0 Å². The Balaban J connectivity index is 2.35. The van der Waals surface area contributed by atoms with Crippen LogP contribution >= 0.6 is 27.7 Å². The second-order valence-electron chi connectivity index (χ2n) is 4.11. The maximum atomic E-state index is 10.9. The molecule has 0 fully saturated rings. The first-order valence-electron chi connectivity index (χ1n) is 6.18. The predicted octanol–water partition coefficient (Wildman–Crippen LogP) is 4.09. The number of pyridine rings is 1. The quantitative estimate of drug-likeness (QED) is 0.414. The SMILES string of the molecule is CSCCCCCCNc1ncc(Br)cc1[N+](=O)[O-]. The Morgan fingerprint density at radius 2 is 2.16 bits per heavy atom. The predicted molar refractivity (Wildman–Crippen MR) is 83.9 cm³/mol. The van der Waals surface area contributed by atoms with Crippen LogP contribution in [0.15, 0.2) is 16.7 Å². The first-order valence-corrected chi connectivity index (χ1v) is 8.36. The van der Waals surface area contributed by atoms with Gasteiger partial charge in [-0.15, -0.1) is 0 Å². The Hall–Kier alpha value is -0.820. The molecule has 0 spiro atoms. The van der Waals surface area contributed by atoms with E-state index < -0.39 is 4.92 Å². The summed E-state index contributed by atoms with van der Waals surface area (Å²) in [7, 11) is 0. The second-order valence-corrected chi connectivity index (χ2v) is 6.01. The van der Waals surface area contributed by atoms with Crippen molar-refractivity contribution in [1.82, 2.24) is 4.98 Å². The number of hydrogen-bond donors (Lipinski definition) is 1. The van der Waals surface area contributed by atoms with E-state index in [1.54, 1.807) is 6.20 Å². The van der Waals surface area contributed by atoms with Gasteiger partial charge in [-0.1, -0.05) is 12.8 Å². The summed E-state index contributed by atoms with van der Waals surface area (Å²) in [6, 6.07) is 1.47. The highest BCUT2D eigenvalue weighted by Crippen LogP contribution is 2.25. The van der Waals surface area contributed by atoms with Gasteiger partial charge in [-0.3, -0.25) is 10.1 Å². The lowest BCUT2D eigenvalue weighted by molar-refractivity contribution is -0.384. The van der Waals surface area contributed by atoms with Crippen LogP contribution in [0.1, 0.15) is 25.7 Å². The number of rotatable bonds is 9. The Kier molecular flexibility index (Phi) is 7.81. The van der Waals surface area contributed by atoms with E-state index in [0.29, 0.717) is 10.3 Å². The van der Waals surface area contributed by atoms with Crippen LogP contribution in [0.5, 0.6) is 0 Å². The first-order chi connectivity index (χ1) is 9.15. The van der Waals surface area contributed by atoms with Crippen LogP contribution < -0.4 is 5.32 Å². The number of nitrogens with zero attached hydrogens (tertiary/aromatic N) is 2. The molecule has 19 heavy (non-hydrogen) atoms. The third-order valence-electron chi connectivity index (χ3n) is 2.60. The maximum Gasteiger partial charge on any atom is 0.312 e. The van der Waals surface area contributed by atoms with E-state index in [1.807, 2.05) is 11.8 Å². The maximum absolute atomic E-state index is 10.9. The summed E-state index contributed by atoms with van der Waals surface area (Å²) in [6.07, 6.45) is 8.26. The Morgan fingerprint density at radius 1 is 1.42 bits per heavy atom. The normalized spacial score (nSPS) is 10.4. The zero-order valence-corrected chi connectivity index (χ0v) is 13.3. The van der Waals surface area contributed by atoms with Crippen molar-refractivity contribution in [2.75, 3.05) is 23.9 Å². The smallest absolute Gasteiger partial charge is 0.312 e. The van der Waals surface area contributed by atoms with Crippen molar-refractivity contribution >= 4 is 39.2 Å². The van der Waals surface area contributed by atoms with Gasteiger partial charge in [0.2, 0.25) is 5.82 Å². The molecule has 0 atom stereocenters. The summed E-state index contributed by atoms with van der Waals surface area (Å²) in [4.78, 5) is 14.5. The van der Waals surface area contributed by atoms with E-state index in [1.165, 1.54) is 24.7 Å². The van der Waals surface area contributed by atoms with Gasteiger partial charge in [-0.25, -0.2) is 4.98 Å².